The van der Waals surface area contributed by atoms with E-state index in [0.717, 1.165) is 25.7 Å². The van der Waals surface area contributed by atoms with Crippen LogP contribution >= 0.6 is 15.6 Å². The van der Waals surface area contributed by atoms with Crippen LogP contribution in [0.2, 0.25) is 0 Å². The fourth-order valence-electron chi connectivity index (χ4n) is 2.87. The van der Waals surface area contributed by atoms with Crippen LogP contribution in [0.15, 0.2) is 0 Å². The molecule has 1 aliphatic carbocycles. The highest BCUT2D eigenvalue weighted by Gasteiger charge is 2.41. The zero-order chi connectivity index (χ0) is 15.7. The largest absolute Gasteiger partial charge is 0.481 e. The normalized spacial score (nSPS) is 34.2. The molecule has 0 radical (unpaired) electrons. The third-order valence-corrected chi connectivity index (χ3v) is 5.94. The van der Waals surface area contributed by atoms with Gasteiger partial charge in [0.2, 0.25) is 0 Å². The minimum atomic E-state index is -5.13. The van der Waals surface area contributed by atoms with Crippen molar-refractivity contribution in [1.29, 1.82) is 0 Å². The van der Waals surface area contributed by atoms with Crippen LogP contribution in [0, 0.1) is 5.92 Å². The Morgan fingerprint density at radius 1 is 1.14 bits per heavy atom. The van der Waals surface area contributed by atoms with Crippen LogP contribution in [-0.2, 0) is 22.7 Å². The molecule has 0 aromatic carbocycles. The van der Waals surface area contributed by atoms with Gasteiger partial charge in [0.1, 0.15) is 6.10 Å². The molecule has 21 heavy (non-hydrogen) atoms. The molecule has 4 atom stereocenters. The molecule has 2 rings (SSSR count). The number of phosphoric ester groups is 1. The smallest absolute Gasteiger partial charge is 0.390 e. The summed E-state index contributed by atoms with van der Waals surface area (Å²) in [5, 5.41) is 9.88. The first-order chi connectivity index (χ1) is 9.66. The molecule has 1 aliphatic heterocycles. The number of phosphoric acid groups is 2. The van der Waals surface area contributed by atoms with Crippen molar-refractivity contribution in [2.24, 2.45) is 5.92 Å². The van der Waals surface area contributed by atoms with Crippen LogP contribution in [0.3, 0.4) is 0 Å². The van der Waals surface area contributed by atoms with Crippen molar-refractivity contribution in [1.82, 2.24) is 0 Å². The van der Waals surface area contributed by atoms with Crippen molar-refractivity contribution >= 4 is 15.6 Å². The van der Waals surface area contributed by atoms with Gasteiger partial charge in [0.05, 0.1) is 18.8 Å². The van der Waals surface area contributed by atoms with Gasteiger partial charge < -0.3 is 24.5 Å². The second-order valence-electron chi connectivity index (χ2n) is 5.40. The third-order valence-electron chi connectivity index (χ3n) is 3.79. The van der Waals surface area contributed by atoms with Gasteiger partial charge in [-0.25, -0.2) is 9.13 Å². The predicted octanol–water partition coefficient (Wildman–Crippen LogP) is 0.921. The Hall–Kier alpha value is 0.180. The van der Waals surface area contributed by atoms with Crippen molar-refractivity contribution in [3.8, 4) is 0 Å². The summed E-state index contributed by atoms with van der Waals surface area (Å²) < 4.78 is 35.6. The average molecular weight is 346 g/mol. The fraction of sp³-hybridized carbons (Fsp3) is 1.00. The minimum Gasteiger partial charge on any atom is -0.390 e. The molecular weight excluding hydrogens is 326 g/mol. The molecule has 2 aliphatic rings. The van der Waals surface area contributed by atoms with Crippen LogP contribution < -0.4 is 0 Å². The Labute approximate surface area is 122 Å². The van der Waals surface area contributed by atoms with E-state index < -0.39 is 34.5 Å². The van der Waals surface area contributed by atoms with E-state index in [1.165, 1.54) is 0 Å². The molecule has 1 saturated carbocycles. The van der Waals surface area contributed by atoms with Crippen LogP contribution in [0.4, 0.5) is 0 Å². The zero-order valence-corrected chi connectivity index (χ0v) is 13.1. The van der Waals surface area contributed by atoms with E-state index in [1.807, 2.05) is 0 Å². The van der Waals surface area contributed by atoms with Crippen LogP contribution in [0.25, 0.3) is 0 Å². The molecule has 1 saturated heterocycles. The maximum atomic E-state index is 11.3. The lowest BCUT2D eigenvalue weighted by atomic mass is 9.97. The Balaban J connectivity index is 1.83. The van der Waals surface area contributed by atoms with E-state index >= 15 is 0 Å². The number of aliphatic hydroxyl groups excluding tert-OH is 1. The summed E-state index contributed by atoms with van der Waals surface area (Å²) in [5.41, 5.74) is 0. The van der Waals surface area contributed by atoms with Crippen molar-refractivity contribution < 1.29 is 42.5 Å². The Morgan fingerprint density at radius 3 is 2.33 bits per heavy atom. The van der Waals surface area contributed by atoms with Gasteiger partial charge in [-0.15, -0.1) is 0 Å². The second-order valence-corrected chi connectivity index (χ2v) is 8.23. The molecule has 124 valence electrons. The van der Waals surface area contributed by atoms with E-state index in [2.05, 4.69) is 8.83 Å². The first-order valence-electron chi connectivity index (χ1n) is 6.74. The molecule has 0 bridgehead atoms. The molecule has 1 heterocycles. The van der Waals surface area contributed by atoms with Crippen molar-refractivity contribution in [3.05, 3.63) is 0 Å². The zero-order valence-electron chi connectivity index (χ0n) is 11.3. The molecule has 11 heteroatoms. The van der Waals surface area contributed by atoms with E-state index in [0.29, 0.717) is 12.3 Å². The molecule has 2 fully saturated rings. The summed E-state index contributed by atoms with van der Waals surface area (Å²) in [6.45, 7) is -0.474. The lowest BCUT2D eigenvalue weighted by molar-refractivity contribution is -0.0363. The number of hydrogen-bond acceptors (Lipinski definition) is 6. The maximum absolute atomic E-state index is 11.3. The van der Waals surface area contributed by atoms with E-state index in [4.69, 9.17) is 19.4 Å². The SMILES string of the molecule is O=P(O)(O)OP(=O)(O)OCC1O[C@@H](C2CCCC2)C[C@H]1O. The Morgan fingerprint density at radius 2 is 1.76 bits per heavy atom. The minimum absolute atomic E-state index is 0.114. The molecule has 0 aromatic heterocycles. The lowest BCUT2D eigenvalue weighted by Crippen LogP contribution is -2.26. The molecule has 0 amide bonds. The van der Waals surface area contributed by atoms with Crippen LogP contribution in [0.5, 0.6) is 0 Å². The highest BCUT2D eigenvalue weighted by Crippen LogP contribution is 2.57. The summed E-state index contributed by atoms with van der Waals surface area (Å²) in [4.78, 5) is 26.1. The first-order valence-corrected chi connectivity index (χ1v) is 9.76. The van der Waals surface area contributed by atoms with E-state index in [9.17, 15) is 14.2 Å². The Kier molecular flexibility index (Phi) is 5.63. The maximum Gasteiger partial charge on any atom is 0.481 e. The highest BCUT2D eigenvalue weighted by molar-refractivity contribution is 7.60. The van der Waals surface area contributed by atoms with Gasteiger partial charge in [0.15, 0.2) is 0 Å². The van der Waals surface area contributed by atoms with Crippen LogP contribution in [0.1, 0.15) is 32.1 Å². The Bertz CT molecular complexity index is 444. The predicted molar refractivity (Wildman–Crippen MR) is 70.1 cm³/mol. The van der Waals surface area contributed by atoms with Crippen molar-refractivity contribution in [3.63, 3.8) is 0 Å². The molecule has 9 nitrogen and oxygen atoms in total. The van der Waals surface area contributed by atoms with Crippen molar-refractivity contribution in [2.45, 2.75) is 50.4 Å². The third kappa shape index (κ3) is 5.39. The van der Waals surface area contributed by atoms with Crippen LogP contribution in [-0.4, -0.2) is 44.7 Å². The topological polar surface area (TPSA) is 143 Å². The van der Waals surface area contributed by atoms with E-state index in [-0.39, 0.29) is 6.10 Å². The number of hydrogen-bond donors (Lipinski definition) is 4. The van der Waals surface area contributed by atoms with Gasteiger partial charge in [-0.1, -0.05) is 12.8 Å². The second kappa shape index (κ2) is 6.74. The molecular formula is C10H20O9P2. The molecule has 0 aromatic rings. The van der Waals surface area contributed by atoms with Crippen molar-refractivity contribution in [2.75, 3.05) is 6.61 Å². The number of aliphatic hydroxyl groups is 1. The molecule has 2 unspecified atom stereocenters. The summed E-state index contributed by atoms with van der Waals surface area (Å²) >= 11 is 0. The number of rotatable bonds is 6. The van der Waals surface area contributed by atoms with Gasteiger partial charge in [0.25, 0.3) is 0 Å². The quantitative estimate of drug-likeness (QED) is 0.516. The standard InChI is InChI=1S/C10H20O9P2/c11-8-5-9(7-3-1-2-4-7)18-10(8)6-17-21(15,16)19-20(12,13)14/h7-11H,1-6H2,(H,15,16)(H2,12,13,14)/t8-,9-,10?/m1/s1. The highest BCUT2D eigenvalue weighted by atomic mass is 31.3. The fourth-order valence-corrected chi connectivity index (χ4v) is 4.47. The average Bonchev–Trinajstić information content (AvgIpc) is 2.92. The number of ether oxygens (including phenoxy) is 1. The first kappa shape index (κ1) is 17.5. The summed E-state index contributed by atoms with van der Waals surface area (Å²) in [5.74, 6) is 0.372. The van der Waals surface area contributed by atoms with Gasteiger partial charge in [-0.3, -0.25) is 4.52 Å². The monoisotopic (exact) mass is 346 g/mol. The summed E-state index contributed by atoms with van der Waals surface area (Å²) in [6.07, 6.45) is 2.98. The molecule has 0 spiro atoms. The van der Waals surface area contributed by atoms with Gasteiger partial charge in [-0.2, -0.15) is 4.31 Å². The van der Waals surface area contributed by atoms with Gasteiger partial charge in [-0.05, 0) is 18.8 Å². The van der Waals surface area contributed by atoms with E-state index in [1.54, 1.807) is 0 Å². The lowest BCUT2D eigenvalue weighted by Gasteiger charge is -2.20. The summed E-state index contributed by atoms with van der Waals surface area (Å²) in [6, 6.07) is 0. The van der Waals surface area contributed by atoms with Gasteiger partial charge in [0, 0.05) is 6.42 Å². The van der Waals surface area contributed by atoms with Gasteiger partial charge >= 0.3 is 15.6 Å². The summed E-state index contributed by atoms with van der Waals surface area (Å²) in [7, 11) is -10.0. The molecule has 4 N–H and O–H groups in total.